The second-order valence-electron chi connectivity index (χ2n) is 3.57. The standard InChI is InChI=1S/C11H19NO/c1-3-4-5-6-7-11(9-13)10(2)8-12/h9-11H,3-7H2,1-2H3. The van der Waals surface area contributed by atoms with E-state index in [0.29, 0.717) is 0 Å². The van der Waals surface area contributed by atoms with E-state index in [1.807, 2.05) is 6.92 Å². The first-order valence-corrected chi connectivity index (χ1v) is 5.11. The summed E-state index contributed by atoms with van der Waals surface area (Å²) < 4.78 is 0. The molecule has 0 aromatic rings. The normalized spacial score (nSPS) is 14.5. The van der Waals surface area contributed by atoms with Crippen molar-refractivity contribution in [1.82, 2.24) is 0 Å². The van der Waals surface area contributed by atoms with Crippen LogP contribution in [-0.2, 0) is 4.79 Å². The molecule has 13 heavy (non-hydrogen) atoms. The van der Waals surface area contributed by atoms with Crippen molar-refractivity contribution >= 4 is 6.29 Å². The molecule has 0 rings (SSSR count). The average Bonchev–Trinajstić information content (AvgIpc) is 2.17. The van der Waals surface area contributed by atoms with Gasteiger partial charge in [0.05, 0.1) is 12.0 Å². The molecule has 0 amide bonds. The van der Waals surface area contributed by atoms with Crippen LogP contribution >= 0.6 is 0 Å². The fraction of sp³-hybridized carbons (Fsp3) is 0.818. The van der Waals surface area contributed by atoms with Gasteiger partial charge in [-0.15, -0.1) is 0 Å². The van der Waals surface area contributed by atoms with Gasteiger partial charge in [-0.3, -0.25) is 0 Å². The molecule has 0 aliphatic heterocycles. The van der Waals surface area contributed by atoms with E-state index in [1.54, 1.807) is 0 Å². The summed E-state index contributed by atoms with van der Waals surface area (Å²) in [4.78, 5) is 10.6. The summed E-state index contributed by atoms with van der Waals surface area (Å²) in [6.45, 7) is 3.98. The molecule has 2 nitrogen and oxygen atoms in total. The number of carbonyl (C=O) groups is 1. The van der Waals surface area contributed by atoms with Crippen molar-refractivity contribution in [3.63, 3.8) is 0 Å². The van der Waals surface area contributed by atoms with Crippen LogP contribution in [0.1, 0.15) is 46.0 Å². The molecule has 0 spiro atoms. The van der Waals surface area contributed by atoms with Gasteiger partial charge in [0.2, 0.25) is 0 Å². The molecule has 0 heterocycles. The monoisotopic (exact) mass is 181 g/mol. The Morgan fingerprint density at radius 2 is 2.08 bits per heavy atom. The SMILES string of the molecule is CCCCCCC(C=O)C(C)C#N. The zero-order valence-electron chi connectivity index (χ0n) is 8.62. The first-order chi connectivity index (χ1) is 6.26. The Balaban J connectivity index is 3.61. The summed E-state index contributed by atoms with van der Waals surface area (Å²) >= 11 is 0. The fourth-order valence-corrected chi connectivity index (χ4v) is 1.34. The molecule has 74 valence electrons. The Morgan fingerprint density at radius 1 is 1.38 bits per heavy atom. The van der Waals surface area contributed by atoms with Crippen LogP contribution in [0.5, 0.6) is 0 Å². The highest BCUT2D eigenvalue weighted by Gasteiger charge is 2.14. The van der Waals surface area contributed by atoms with Crippen molar-refractivity contribution in [2.24, 2.45) is 11.8 Å². The number of carbonyl (C=O) groups excluding carboxylic acids is 1. The topological polar surface area (TPSA) is 40.9 Å². The highest BCUT2D eigenvalue weighted by Crippen LogP contribution is 2.16. The highest BCUT2D eigenvalue weighted by molar-refractivity contribution is 5.54. The number of rotatable bonds is 7. The molecule has 2 unspecified atom stereocenters. The Labute approximate surface area is 80.9 Å². The lowest BCUT2D eigenvalue weighted by Crippen LogP contribution is -2.11. The minimum atomic E-state index is -0.126. The Morgan fingerprint density at radius 3 is 2.54 bits per heavy atom. The van der Waals surface area contributed by atoms with Gasteiger partial charge in [-0.2, -0.15) is 5.26 Å². The molecule has 0 saturated heterocycles. The number of nitrogens with zero attached hydrogens (tertiary/aromatic N) is 1. The van der Waals surface area contributed by atoms with E-state index in [1.165, 1.54) is 19.3 Å². The van der Waals surface area contributed by atoms with Crippen LogP contribution < -0.4 is 0 Å². The summed E-state index contributed by atoms with van der Waals surface area (Å²) in [7, 11) is 0. The fourth-order valence-electron chi connectivity index (χ4n) is 1.34. The van der Waals surface area contributed by atoms with Crippen molar-refractivity contribution < 1.29 is 4.79 Å². The number of hydrogen-bond donors (Lipinski definition) is 0. The maximum atomic E-state index is 10.6. The molecule has 0 radical (unpaired) electrons. The molecule has 2 atom stereocenters. The smallest absolute Gasteiger partial charge is 0.124 e. The van der Waals surface area contributed by atoms with Crippen LogP contribution in [0.25, 0.3) is 0 Å². The first kappa shape index (κ1) is 12.2. The Hall–Kier alpha value is -0.840. The van der Waals surface area contributed by atoms with Crippen LogP contribution in [0.3, 0.4) is 0 Å². The molecular weight excluding hydrogens is 162 g/mol. The van der Waals surface area contributed by atoms with Crippen LogP contribution in [0.15, 0.2) is 0 Å². The lowest BCUT2D eigenvalue weighted by Gasteiger charge is -2.10. The second-order valence-corrected chi connectivity index (χ2v) is 3.57. The predicted octanol–water partition coefficient (Wildman–Crippen LogP) is 2.93. The Bertz CT molecular complexity index is 171. The van der Waals surface area contributed by atoms with Crippen molar-refractivity contribution in [3.8, 4) is 6.07 Å². The van der Waals surface area contributed by atoms with E-state index in [0.717, 1.165) is 19.1 Å². The maximum Gasteiger partial charge on any atom is 0.124 e. The predicted molar refractivity (Wildman–Crippen MR) is 53.1 cm³/mol. The minimum absolute atomic E-state index is 0.0538. The van der Waals surface area contributed by atoms with E-state index in [2.05, 4.69) is 13.0 Å². The van der Waals surface area contributed by atoms with E-state index in [9.17, 15) is 4.79 Å². The third kappa shape index (κ3) is 5.41. The summed E-state index contributed by atoms with van der Waals surface area (Å²) in [6.07, 6.45) is 6.49. The molecule has 0 aliphatic carbocycles. The van der Waals surface area contributed by atoms with Gasteiger partial charge in [0.15, 0.2) is 0 Å². The van der Waals surface area contributed by atoms with Gasteiger partial charge in [0.1, 0.15) is 6.29 Å². The van der Waals surface area contributed by atoms with E-state index in [-0.39, 0.29) is 11.8 Å². The molecule has 0 saturated carbocycles. The quantitative estimate of drug-likeness (QED) is 0.447. The number of aldehydes is 1. The number of nitriles is 1. The summed E-state index contributed by atoms with van der Waals surface area (Å²) in [5.74, 6) is -0.180. The summed E-state index contributed by atoms with van der Waals surface area (Å²) in [6, 6.07) is 2.13. The second kappa shape index (κ2) is 7.79. The largest absolute Gasteiger partial charge is 0.303 e. The summed E-state index contributed by atoms with van der Waals surface area (Å²) in [5, 5.41) is 8.63. The van der Waals surface area contributed by atoms with Crippen LogP contribution in [0, 0.1) is 23.2 Å². The lowest BCUT2D eigenvalue weighted by molar-refractivity contribution is -0.112. The number of unbranched alkanes of at least 4 members (excludes halogenated alkanes) is 3. The van der Waals surface area contributed by atoms with Gasteiger partial charge < -0.3 is 4.79 Å². The van der Waals surface area contributed by atoms with Crippen molar-refractivity contribution in [2.75, 3.05) is 0 Å². The third-order valence-electron chi connectivity index (χ3n) is 2.41. The average molecular weight is 181 g/mol. The highest BCUT2D eigenvalue weighted by atomic mass is 16.1. The first-order valence-electron chi connectivity index (χ1n) is 5.11. The number of hydrogen-bond acceptors (Lipinski definition) is 2. The van der Waals surface area contributed by atoms with Gasteiger partial charge in [0, 0.05) is 5.92 Å². The van der Waals surface area contributed by atoms with Gasteiger partial charge in [0.25, 0.3) is 0 Å². The molecule has 0 N–H and O–H groups in total. The van der Waals surface area contributed by atoms with Crippen molar-refractivity contribution in [1.29, 1.82) is 5.26 Å². The molecule has 0 fully saturated rings. The molecule has 0 aromatic carbocycles. The maximum absolute atomic E-state index is 10.6. The summed E-state index contributed by atoms with van der Waals surface area (Å²) in [5.41, 5.74) is 0. The van der Waals surface area contributed by atoms with Gasteiger partial charge in [-0.05, 0) is 13.3 Å². The Kier molecular flexibility index (Phi) is 7.29. The van der Waals surface area contributed by atoms with Gasteiger partial charge in [-0.1, -0.05) is 32.6 Å². The third-order valence-corrected chi connectivity index (χ3v) is 2.41. The molecule has 2 heteroatoms. The van der Waals surface area contributed by atoms with Crippen molar-refractivity contribution in [2.45, 2.75) is 46.0 Å². The van der Waals surface area contributed by atoms with E-state index >= 15 is 0 Å². The van der Waals surface area contributed by atoms with E-state index in [4.69, 9.17) is 5.26 Å². The molecular formula is C11H19NO. The van der Waals surface area contributed by atoms with Crippen LogP contribution in [-0.4, -0.2) is 6.29 Å². The molecule has 0 bridgehead atoms. The molecule has 0 aromatic heterocycles. The van der Waals surface area contributed by atoms with E-state index < -0.39 is 0 Å². The zero-order chi connectivity index (χ0) is 10.1. The lowest BCUT2D eigenvalue weighted by atomic mass is 9.91. The van der Waals surface area contributed by atoms with Gasteiger partial charge in [-0.25, -0.2) is 0 Å². The van der Waals surface area contributed by atoms with Crippen LogP contribution in [0.4, 0.5) is 0 Å². The minimum Gasteiger partial charge on any atom is -0.303 e. The zero-order valence-corrected chi connectivity index (χ0v) is 8.62. The molecule has 0 aliphatic rings. The van der Waals surface area contributed by atoms with Crippen molar-refractivity contribution in [3.05, 3.63) is 0 Å². The van der Waals surface area contributed by atoms with Crippen LogP contribution in [0.2, 0.25) is 0 Å². The van der Waals surface area contributed by atoms with Gasteiger partial charge >= 0.3 is 0 Å².